The van der Waals surface area contributed by atoms with E-state index in [1.54, 1.807) is 13.8 Å². The van der Waals surface area contributed by atoms with E-state index in [0.29, 0.717) is 19.4 Å². The zero-order valence-electron chi connectivity index (χ0n) is 9.77. The van der Waals surface area contributed by atoms with Crippen LogP contribution in [0.25, 0.3) is 0 Å². The van der Waals surface area contributed by atoms with Crippen molar-refractivity contribution in [1.82, 2.24) is 8.61 Å². The van der Waals surface area contributed by atoms with Gasteiger partial charge >= 0.3 is 0 Å². The van der Waals surface area contributed by atoms with Gasteiger partial charge in [-0.1, -0.05) is 0 Å². The highest BCUT2D eigenvalue weighted by Gasteiger charge is 2.44. The summed E-state index contributed by atoms with van der Waals surface area (Å²) in [6.45, 7) is 4.00. The minimum atomic E-state index is -3.43. The number of aliphatic hydroxyl groups is 1. The van der Waals surface area contributed by atoms with Crippen molar-refractivity contribution in [2.75, 3.05) is 20.6 Å². The number of nitrogens with zero attached hydrogens (tertiary/aromatic N) is 2. The van der Waals surface area contributed by atoms with Crippen molar-refractivity contribution in [3.8, 4) is 0 Å². The van der Waals surface area contributed by atoms with Gasteiger partial charge in [0, 0.05) is 20.6 Å². The van der Waals surface area contributed by atoms with Gasteiger partial charge in [-0.05, 0) is 26.7 Å². The lowest BCUT2D eigenvalue weighted by Crippen LogP contribution is -2.60. The Bertz CT molecular complexity index is 324. The van der Waals surface area contributed by atoms with Gasteiger partial charge in [-0.3, -0.25) is 0 Å². The Labute approximate surface area is 91.9 Å². The molecule has 0 amide bonds. The molecule has 1 aliphatic heterocycles. The van der Waals surface area contributed by atoms with Gasteiger partial charge in [0.1, 0.15) is 0 Å². The van der Waals surface area contributed by atoms with Gasteiger partial charge in [0.15, 0.2) is 0 Å². The number of aliphatic hydroxyl groups excluding tert-OH is 1. The van der Waals surface area contributed by atoms with Crippen molar-refractivity contribution in [3.63, 3.8) is 0 Å². The molecule has 15 heavy (non-hydrogen) atoms. The molecule has 0 aromatic carbocycles. The van der Waals surface area contributed by atoms with E-state index in [0.717, 1.165) is 0 Å². The fourth-order valence-electron chi connectivity index (χ4n) is 1.85. The summed E-state index contributed by atoms with van der Waals surface area (Å²) < 4.78 is 26.5. The highest BCUT2D eigenvalue weighted by molar-refractivity contribution is 7.86. The summed E-state index contributed by atoms with van der Waals surface area (Å²) in [5.41, 5.74) is -0.721. The smallest absolute Gasteiger partial charge is 0.282 e. The van der Waals surface area contributed by atoms with Crippen molar-refractivity contribution in [1.29, 1.82) is 0 Å². The largest absolute Gasteiger partial charge is 0.391 e. The van der Waals surface area contributed by atoms with Crippen LogP contribution in [0.4, 0.5) is 0 Å². The third-order valence-electron chi connectivity index (χ3n) is 3.04. The second kappa shape index (κ2) is 4.01. The molecule has 1 fully saturated rings. The molecule has 90 valence electrons. The Kier molecular flexibility index (Phi) is 3.45. The van der Waals surface area contributed by atoms with E-state index in [9.17, 15) is 13.5 Å². The van der Waals surface area contributed by atoms with Crippen molar-refractivity contribution in [3.05, 3.63) is 0 Å². The number of rotatable bonds is 2. The Hall–Kier alpha value is -0.170. The fraction of sp³-hybridized carbons (Fsp3) is 1.00. The third kappa shape index (κ3) is 2.18. The van der Waals surface area contributed by atoms with Gasteiger partial charge in [-0.25, -0.2) is 0 Å². The van der Waals surface area contributed by atoms with E-state index in [4.69, 9.17) is 0 Å². The first kappa shape index (κ1) is 12.9. The van der Waals surface area contributed by atoms with Gasteiger partial charge in [0.05, 0.1) is 11.6 Å². The molecule has 1 atom stereocenters. The SMILES string of the molecule is CN(C)S(=O)(=O)N1CCCC(O)C1(C)C. The van der Waals surface area contributed by atoms with Crippen molar-refractivity contribution >= 4 is 10.2 Å². The summed E-state index contributed by atoms with van der Waals surface area (Å²) in [6.07, 6.45) is 0.769. The third-order valence-corrected chi connectivity index (χ3v) is 5.17. The van der Waals surface area contributed by atoms with Crippen LogP contribution in [0.2, 0.25) is 0 Å². The van der Waals surface area contributed by atoms with Gasteiger partial charge in [-0.15, -0.1) is 0 Å². The topological polar surface area (TPSA) is 60.9 Å². The monoisotopic (exact) mass is 236 g/mol. The molecular weight excluding hydrogens is 216 g/mol. The summed E-state index contributed by atoms with van der Waals surface area (Å²) in [5, 5.41) is 9.83. The summed E-state index contributed by atoms with van der Waals surface area (Å²) >= 11 is 0. The number of piperidine rings is 1. The molecule has 0 aromatic rings. The van der Waals surface area contributed by atoms with E-state index in [-0.39, 0.29) is 0 Å². The van der Waals surface area contributed by atoms with E-state index in [1.807, 2.05) is 0 Å². The van der Waals surface area contributed by atoms with Crippen LogP contribution in [-0.2, 0) is 10.2 Å². The summed E-state index contributed by atoms with van der Waals surface area (Å²) in [4.78, 5) is 0. The lowest BCUT2D eigenvalue weighted by atomic mass is 9.90. The Morgan fingerprint density at radius 3 is 2.40 bits per heavy atom. The van der Waals surface area contributed by atoms with Crippen LogP contribution < -0.4 is 0 Å². The Balaban J connectivity index is 3.04. The van der Waals surface area contributed by atoms with E-state index >= 15 is 0 Å². The highest BCUT2D eigenvalue weighted by atomic mass is 32.2. The molecule has 5 nitrogen and oxygen atoms in total. The van der Waals surface area contributed by atoms with Gasteiger partial charge in [0.2, 0.25) is 0 Å². The summed E-state index contributed by atoms with van der Waals surface area (Å²) in [7, 11) is -0.421. The second-order valence-corrected chi connectivity index (χ2v) is 6.74. The molecule has 1 unspecified atom stereocenters. The average molecular weight is 236 g/mol. The van der Waals surface area contributed by atoms with Gasteiger partial charge < -0.3 is 5.11 Å². The molecule has 0 radical (unpaired) electrons. The zero-order chi connectivity index (χ0) is 11.9. The first-order chi connectivity index (χ1) is 6.70. The second-order valence-electron chi connectivity index (χ2n) is 4.67. The normalized spacial score (nSPS) is 28.3. The van der Waals surface area contributed by atoms with E-state index < -0.39 is 21.9 Å². The molecule has 1 rings (SSSR count). The standard InChI is InChI=1S/C9H20N2O3S/c1-9(2)8(12)6-5-7-11(9)15(13,14)10(3)4/h8,12H,5-7H2,1-4H3. The maximum atomic E-state index is 12.0. The maximum Gasteiger partial charge on any atom is 0.282 e. The first-order valence-electron chi connectivity index (χ1n) is 5.09. The maximum absolute atomic E-state index is 12.0. The molecule has 6 heteroatoms. The van der Waals surface area contributed by atoms with Gasteiger partial charge in [0.25, 0.3) is 10.2 Å². The summed E-state index contributed by atoms with van der Waals surface area (Å²) in [6, 6.07) is 0. The predicted octanol–water partition coefficient (Wildman–Crippen LogP) is 0.0281. The number of hydrogen-bond donors (Lipinski definition) is 1. The Morgan fingerprint density at radius 1 is 1.40 bits per heavy atom. The molecular formula is C9H20N2O3S. The quantitative estimate of drug-likeness (QED) is 0.736. The molecule has 0 spiro atoms. The fourth-order valence-corrected chi connectivity index (χ4v) is 3.32. The molecule has 0 aromatic heterocycles. The lowest BCUT2D eigenvalue weighted by Gasteiger charge is -2.45. The van der Waals surface area contributed by atoms with Crippen LogP contribution in [0.3, 0.4) is 0 Å². The number of hydrogen-bond acceptors (Lipinski definition) is 3. The van der Waals surface area contributed by atoms with Crippen molar-refractivity contribution in [2.24, 2.45) is 0 Å². The lowest BCUT2D eigenvalue weighted by molar-refractivity contribution is -0.00195. The zero-order valence-corrected chi connectivity index (χ0v) is 10.6. The molecule has 1 heterocycles. The van der Waals surface area contributed by atoms with E-state index in [1.165, 1.54) is 22.7 Å². The van der Waals surface area contributed by atoms with Crippen molar-refractivity contribution in [2.45, 2.75) is 38.3 Å². The molecule has 0 saturated carbocycles. The van der Waals surface area contributed by atoms with Gasteiger partial charge in [-0.2, -0.15) is 17.0 Å². The van der Waals surface area contributed by atoms with Crippen LogP contribution >= 0.6 is 0 Å². The molecule has 1 saturated heterocycles. The molecule has 1 aliphatic rings. The minimum absolute atomic E-state index is 0.477. The highest BCUT2D eigenvalue weighted by Crippen LogP contribution is 2.30. The Morgan fingerprint density at radius 2 is 1.93 bits per heavy atom. The molecule has 1 N–H and O–H groups in total. The predicted molar refractivity (Wildman–Crippen MR) is 58.6 cm³/mol. The molecule has 0 bridgehead atoms. The van der Waals surface area contributed by atoms with Crippen LogP contribution in [0.5, 0.6) is 0 Å². The average Bonchev–Trinajstić information content (AvgIpc) is 2.09. The van der Waals surface area contributed by atoms with Crippen LogP contribution in [0, 0.1) is 0 Å². The summed E-state index contributed by atoms with van der Waals surface area (Å²) in [5.74, 6) is 0. The first-order valence-corrected chi connectivity index (χ1v) is 6.48. The van der Waals surface area contributed by atoms with E-state index in [2.05, 4.69) is 0 Å². The van der Waals surface area contributed by atoms with Crippen LogP contribution in [0.1, 0.15) is 26.7 Å². The molecule has 0 aliphatic carbocycles. The minimum Gasteiger partial charge on any atom is -0.391 e. The van der Waals surface area contributed by atoms with Crippen molar-refractivity contribution < 1.29 is 13.5 Å². The van der Waals surface area contributed by atoms with Crippen LogP contribution in [0.15, 0.2) is 0 Å². The van der Waals surface area contributed by atoms with Crippen LogP contribution in [-0.4, -0.2) is 54.4 Å².